The molecule has 0 atom stereocenters. The fraction of sp³-hybridized carbons (Fsp3) is 0.292. The number of nitrogens with zero attached hydrogens (tertiary/aromatic N) is 4. The highest BCUT2D eigenvalue weighted by atomic mass is 19.1. The van der Waals surface area contributed by atoms with Crippen LogP contribution in [-0.4, -0.2) is 51.5 Å². The molecule has 3 heterocycles. The molecule has 5 rings (SSSR count). The number of hydrogen-bond acceptors (Lipinski definition) is 4. The van der Waals surface area contributed by atoms with E-state index in [1.807, 2.05) is 36.1 Å². The minimum absolute atomic E-state index is 0.0162. The van der Waals surface area contributed by atoms with E-state index in [0.29, 0.717) is 42.9 Å². The summed E-state index contributed by atoms with van der Waals surface area (Å²) in [4.78, 5) is 37.0. The summed E-state index contributed by atoms with van der Waals surface area (Å²) in [7, 11) is 0. The Kier molecular flexibility index (Phi) is 5.13. The van der Waals surface area contributed by atoms with Gasteiger partial charge in [-0.25, -0.2) is 9.37 Å². The van der Waals surface area contributed by atoms with Crippen LogP contribution in [-0.2, 0) is 11.3 Å². The first-order chi connectivity index (χ1) is 15.5. The molecule has 1 saturated heterocycles. The van der Waals surface area contributed by atoms with Crippen LogP contribution in [0.1, 0.15) is 12.0 Å². The molecule has 2 aromatic carbocycles. The number of anilines is 1. The molecule has 0 bridgehead atoms. The van der Waals surface area contributed by atoms with Crippen LogP contribution >= 0.6 is 0 Å². The minimum Gasteiger partial charge on any atom is -0.366 e. The molecule has 1 amide bonds. The van der Waals surface area contributed by atoms with Gasteiger partial charge in [0.05, 0.1) is 12.0 Å². The quantitative estimate of drug-likeness (QED) is 0.537. The molecule has 2 aromatic heterocycles. The Bertz CT molecular complexity index is 1370. The number of halogens is 1. The standard InChI is InChI=1S/C24H24FN5O2/c1-16-6-7-19-17(14-16)22-23(27-19)24(32)30(15-26-22)9-8-21(31)29-12-10-28(11-13-29)20-5-3-2-4-18(20)25/h2-7,14-15,27H,8-13H2,1H3. The van der Waals surface area contributed by atoms with Crippen molar-refractivity contribution < 1.29 is 9.18 Å². The Morgan fingerprint density at radius 1 is 1.12 bits per heavy atom. The van der Waals surface area contributed by atoms with Crippen LogP contribution in [0.3, 0.4) is 0 Å². The molecule has 1 aliphatic heterocycles. The van der Waals surface area contributed by atoms with Crippen molar-refractivity contribution in [3.63, 3.8) is 0 Å². The van der Waals surface area contributed by atoms with Gasteiger partial charge in [0.2, 0.25) is 5.91 Å². The fourth-order valence-electron chi connectivity index (χ4n) is 4.34. The van der Waals surface area contributed by atoms with Gasteiger partial charge in [0.25, 0.3) is 5.56 Å². The molecule has 0 unspecified atom stereocenters. The third-order valence-corrected chi connectivity index (χ3v) is 6.12. The van der Waals surface area contributed by atoms with Gasteiger partial charge in [-0.3, -0.25) is 14.2 Å². The third kappa shape index (κ3) is 3.62. The summed E-state index contributed by atoms with van der Waals surface area (Å²) in [6, 6.07) is 12.6. The van der Waals surface area contributed by atoms with E-state index in [-0.39, 0.29) is 30.2 Å². The molecule has 0 radical (unpaired) electrons. The van der Waals surface area contributed by atoms with E-state index in [4.69, 9.17) is 0 Å². The molecule has 8 heteroatoms. The number of hydrogen-bond donors (Lipinski definition) is 1. The first kappa shape index (κ1) is 20.2. The number of amides is 1. The highest BCUT2D eigenvalue weighted by molar-refractivity contribution is 6.04. The summed E-state index contributed by atoms with van der Waals surface area (Å²) >= 11 is 0. The molecular weight excluding hydrogens is 409 g/mol. The van der Waals surface area contributed by atoms with Crippen LogP contribution in [0.2, 0.25) is 0 Å². The van der Waals surface area contributed by atoms with Gasteiger partial charge in [0.15, 0.2) is 0 Å². The maximum Gasteiger partial charge on any atom is 0.277 e. The summed E-state index contributed by atoms with van der Waals surface area (Å²) < 4.78 is 15.5. The first-order valence-electron chi connectivity index (χ1n) is 10.8. The van der Waals surface area contributed by atoms with Crippen molar-refractivity contribution in [3.8, 4) is 0 Å². The number of carbonyl (C=O) groups excluding carboxylic acids is 1. The Morgan fingerprint density at radius 3 is 2.69 bits per heavy atom. The first-order valence-corrected chi connectivity index (χ1v) is 10.8. The molecule has 32 heavy (non-hydrogen) atoms. The van der Waals surface area contributed by atoms with Crippen molar-refractivity contribution in [1.82, 2.24) is 19.4 Å². The molecule has 0 spiro atoms. The van der Waals surface area contributed by atoms with Crippen molar-refractivity contribution in [3.05, 3.63) is 70.5 Å². The van der Waals surface area contributed by atoms with Crippen LogP contribution in [0.15, 0.2) is 53.6 Å². The van der Waals surface area contributed by atoms with E-state index in [1.54, 1.807) is 17.0 Å². The van der Waals surface area contributed by atoms with Crippen LogP contribution in [0.4, 0.5) is 10.1 Å². The summed E-state index contributed by atoms with van der Waals surface area (Å²) in [5.74, 6) is -0.265. The predicted octanol–water partition coefficient (Wildman–Crippen LogP) is 3.06. The number of benzene rings is 2. The molecule has 0 saturated carbocycles. The van der Waals surface area contributed by atoms with Gasteiger partial charge >= 0.3 is 0 Å². The number of nitrogens with one attached hydrogen (secondary N) is 1. The second-order valence-corrected chi connectivity index (χ2v) is 8.21. The number of para-hydroxylation sites is 1. The van der Waals surface area contributed by atoms with Crippen LogP contribution in [0.5, 0.6) is 0 Å². The van der Waals surface area contributed by atoms with E-state index >= 15 is 0 Å². The van der Waals surface area contributed by atoms with Crippen molar-refractivity contribution in [1.29, 1.82) is 0 Å². The van der Waals surface area contributed by atoms with Crippen LogP contribution < -0.4 is 10.5 Å². The molecule has 0 aliphatic carbocycles. The molecule has 1 aliphatic rings. The lowest BCUT2D eigenvalue weighted by Gasteiger charge is -2.36. The number of aromatic amines is 1. The average molecular weight is 433 g/mol. The lowest BCUT2D eigenvalue weighted by atomic mass is 10.2. The summed E-state index contributed by atoms with van der Waals surface area (Å²) in [5, 5.41) is 0.924. The average Bonchev–Trinajstić information content (AvgIpc) is 3.17. The number of aryl methyl sites for hydroxylation is 2. The van der Waals surface area contributed by atoms with Crippen molar-refractivity contribution in [2.45, 2.75) is 19.9 Å². The van der Waals surface area contributed by atoms with Gasteiger partial charge in [0.1, 0.15) is 16.9 Å². The summed E-state index contributed by atoms with van der Waals surface area (Å²) in [6.07, 6.45) is 1.73. The zero-order valence-corrected chi connectivity index (χ0v) is 17.8. The van der Waals surface area contributed by atoms with E-state index in [0.717, 1.165) is 16.5 Å². The molecule has 164 valence electrons. The Morgan fingerprint density at radius 2 is 1.91 bits per heavy atom. The molecule has 1 N–H and O–H groups in total. The topological polar surface area (TPSA) is 74.2 Å². The van der Waals surface area contributed by atoms with Crippen molar-refractivity contribution in [2.24, 2.45) is 0 Å². The van der Waals surface area contributed by atoms with Crippen molar-refractivity contribution in [2.75, 3.05) is 31.1 Å². The summed E-state index contributed by atoms with van der Waals surface area (Å²) in [5.41, 5.74) is 3.47. The minimum atomic E-state index is -0.248. The van der Waals surface area contributed by atoms with Gasteiger partial charge in [-0.05, 0) is 31.2 Å². The van der Waals surface area contributed by atoms with Gasteiger partial charge < -0.3 is 14.8 Å². The number of carbonyl (C=O) groups is 1. The number of rotatable bonds is 4. The number of fused-ring (bicyclic) bond motifs is 3. The van der Waals surface area contributed by atoms with Gasteiger partial charge in [-0.1, -0.05) is 23.8 Å². The van der Waals surface area contributed by atoms with E-state index in [9.17, 15) is 14.0 Å². The highest BCUT2D eigenvalue weighted by Crippen LogP contribution is 2.23. The SMILES string of the molecule is Cc1ccc2[nH]c3c(=O)n(CCC(=O)N4CCN(c5ccccc5F)CC4)cnc3c2c1. The number of piperazine rings is 1. The molecule has 7 nitrogen and oxygen atoms in total. The van der Waals surface area contributed by atoms with Gasteiger partial charge in [-0.15, -0.1) is 0 Å². The summed E-state index contributed by atoms with van der Waals surface area (Å²) in [6.45, 7) is 4.48. The Balaban J connectivity index is 1.25. The maximum atomic E-state index is 14.0. The maximum absolute atomic E-state index is 14.0. The number of aromatic nitrogens is 3. The molecule has 1 fully saturated rings. The number of H-pyrrole nitrogens is 1. The lowest BCUT2D eigenvalue weighted by Crippen LogP contribution is -2.49. The smallest absolute Gasteiger partial charge is 0.277 e. The van der Waals surface area contributed by atoms with E-state index < -0.39 is 0 Å². The van der Waals surface area contributed by atoms with E-state index in [2.05, 4.69) is 9.97 Å². The van der Waals surface area contributed by atoms with Crippen LogP contribution in [0.25, 0.3) is 21.9 Å². The monoisotopic (exact) mass is 433 g/mol. The Labute approximate surface area is 184 Å². The van der Waals surface area contributed by atoms with Crippen LogP contribution in [0, 0.1) is 12.7 Å². The predicted molar refractivity (Wildman–Crippen MR) is 122 cm³/mol. The zero-order chi connectivity index (χ0) is 22.2. The molecular formula is C24H24FN5O2. The highest BCUT2D eigenvalue weighted by Gasteiger charge is 2.22. The lowest BCUT2D eigenvalue weighted by molar-refractivity contribution is -0.131. The zero-order valence-electron chi connectivity index (χ0n) is 17.8. The van der Waals surface area contributed by atoms with Crippen molar-refractivity contribution >= 4 is 33.5 Å². The molecule has 4 aromatic rings. The van der Waals surface area contributed by atoms with Gasteiger partial charge in [0, 0.05) is 50.0 Å². The van der Waals surface area contributed by atoms with E-state index in [1.165, 1.54) is 17.0 Å². The van der Waals surface area contributed by atoms with Gasteiger partial charge in [-0.2, -0.15) is 0 Å². The third-order valence-electron chi connectivity index (χ3n) is 6.12. The second kappa shape index (κ2) is 8.11. The second-order valence-electron chi connectivity index (χ2n) is 8.21. The Hall–Kier alpha value is -3.68. The fourth-order valence-corrected chi connectivity index (χ4v) is 4.34. The normalized spacial score (nSPS) is 14.4. The largest absolute Gasteiger partial charge is 0.366 e.